The number of rotatable bonds is 6. The molecule has 0 unspecified atom stereocenters. The molecule has 0 fully saturated rings. The second-order valence-corrected chi connectivity index (χ2v) is 7.04. The van der Waals surface area contributed by atoms with Crippen molar-refractivity contribution in [2.75, 3.05) is 6.54 Å². The molecule has 5 heteroatoms. The minimum absolute atomic E-state index is 0.127. The average Bonchev–Trinajstić information content (AvgIpc) is 3.32. The summed E-state index contributed by atoms with van der Waals surface area (Å²) < 4.78 is 0. The number of thiophene rings is 2. The van der Waals surface area contributed by atoms with Gasteiger partial charge in [-0.05, 0) is 39.9 Å². The number of aliphatic hydroxyl groups is 1. The van der Waals surface area contributed by atoms with Gasteiger partial charge in [-0.1, -0.05) is 36.4 Å². The van der Waals surface area contributed by atoms with Gasteiger partial charge in [0.15, 0.2) is 0 Å². The van der Waals surface area contributed by atoms with E-state index in [1.165, 1.54) is 28.7 Å². The van der Waals surface area contributed by atoms with E-state index in [0.29, 0.717) is 0 Å². The van der Waals surface area contributed by atoms with Crippen LogP contribution in [-0.4, -0.2) is 17.6 Å². The van der Waals surface area contributed by atoms with Crippen LogP contribution in [0.4, 0.5) is 0 Å². The van der Waals surface area contributed by atoms with Crippen molar-refractivity contribution < 1.29 is 9.90 Å². The van der Waals surface area contributed by atoms with E-state index in [9.17, 15) is 9.90 Å². The molecule has 2 N–H and O–H groups in total. The molecule has 1 amide bonds. The standard InChI is InChI=1S/C19H17NO2S2/c21-18(9-8-15-5-2-1-3-6-15)20-14-19(22,16-10-12-23-13-16)17-7-4-11-24-17/h1-13,22H,14H2,(H,20,21)/b9-8+/t19-/m0/s1. The molecule has 122 valence electrons. The molecule has 2 heterocycles. The van der Waals surface area contributed by atoms with Crippen molar-refractivity contribution in [1.82, 2.24) is 5.32 Å². The van der Waals surface area contributed by atoms with E-state index in [0.717, 1.165) is 16.0 Å². The topological polar surface area (TPSA) is 49.3 Å². The van der Waals surface area contributed by atoms with Crippen molar-refractivity contribution in [3.63, 3.8) is 0 Å². The lowest BCUT2D eigenvalue weighted by Crippen LogP contribution is -2.40. The van der Waals surface area contributed by atoms with Crippen LogP contribution in [0.1, 0.15) is 16.0 Å². The van der Waals surface area contributed by atoms with Crippen molar-refractivity contribution >= 4 is 34.7 Å². The quantitative estimate of drug-likeness (QED) is 0.660. The molecule has 1 aromatic carbocycles. The highest BCUT2D eigenvalue weighted by Crippen LogP contribution is 2.33. The van der Waals surface area contributed by atoms with Crippen molar-refractivity contribution in [1.29, 1.82) is 0 Å². The molecular formula is C19H17NO2S2. The molecule has 0 saturated heterocycles. The smallest absolute Gasteiger partial charge is 0.244 e. The molecule has 0 saturated carbocycles. The first-order chi connectivity index (χ1) is 11.7. The van der Waals surface area contributed by atoms with Gasteiger partial charge in [0, 0.05) is 16.5 Å². The van der Waals surface area contributed by atoms with Gasteiger partial charge in [-0.2, -0.15) is 11.3 Å². The predicted molar refractivity (Wildman–Crippen MR) is 100 cm³/mol. The predicted octanol–water partition coefficient (Wildman–Crippen LogP) is 3.88. The molecule has 0 spiro atoms. The Morgan fingerprint density at radius 2 is 1.96 bits per heavy atom. The van der Waals surface area contributed by atoms with Crippen molar-refractivity contribution in [2.24, 2.45) is 0 Å². The van der Waals surface area contributed by atoms with Crippen molar-refractivity contribution in [3.05, 3.63) is 86.8 Å². The van der Waals surface area contributed by atoms with Gasteiger partial charge in [-0.15, -0.1) is 11.3 Å². The first kappa shape index (κ1) is 16.6. The largest absolute Gasteiger partial charge is 0.378 e. The number of nitrogens with one attached hydrogen (secondary N) is 1. The van der Waals surface area contributed by atoms with Gasteiger partial charge in [-0.3, -0.25) is 4.79 Å². The summed E-state index contributed by atoms with van der Waals surface area (Å²) in [6.07, 6.45) is 3.24. The Morgan fingerprint density at radius 3 is 2.62 bits per heavy atom. The zero-order chi connectivity index (χ0) is 16.8. The maximum Gasteiger partial charge on any atom is 0.244 e. The maximum atomic E-state index is 12.1. The highest BCUT2D eigenvalue weighted by Gasteiger charge is 2.33. The fraction of sp³-hybridized carbons (Fsp3) is 0.105. The molecule has 24 heavy (non-hydrogen) atoms. The molecule has 3 rings (SSSR count). The summed E-state index contributed by atoms with van der Waals surface area (Å²) in [5, 5.41) is 19.7. The zero-order valence-electron chi connectivity index (χ0n) is 12.9. The number of benzene rings is 1. The Balaban J connectivity index is 1.71. The van der Waals surface area contributed by atoms with Crippen LogP contribution >= 0.6 is 22.7 Å². The summed E-state index contributed by atoms with van der Waals surface area (Å²) in [6, 6.07) is 15.3. The lowest BCUT2D eigenvalue weighted by Gasteiger charge is -2.26. The number of hydrogen-bond acceptors (Lipinski definition) is 4. The van der Waals surface area contributed by atoms with Crippen LogP contribution in [0.25, 0.3) is 6.08 Å². The van der Waals surface area contributed by atoms with Crippen molar-refractivity contribution in [3.8, 4) is 0 Å². The number of carbonyl (C=O) groups is 1. The summed E-state index contributed by atoms with van der Waals surface area (Å²) in [7, 11) is 0. The third-order valence-corrected chi connectivity index (χ3v) is 5.38. The lowest BCUT2D eigenvalue weighted by molar-refractivity contribution is -0.117. The summed E-state index contributed by atoms with van der Waals surface area (Å²) in [5.74, 6) is -0.232. The monoisotopic (exact) mass is 355 g/mol. The second kappa shape index (κ2) is 7.57. The fourth-order valence-electron chi connectivity index (χ4n) is 2.36. The summed E-state index contributed by atoms with van der Waals surface area (Å²) in [5.41, 5.74) is 0.547. The minimum Gasteiger partial charge on any atom is -0.378 e. The van der Waals surface area contributed by atoms with Crippen LogP contribution in [0.2, 0.25) is 0 Å². The van der Waals surface area contributed by atoms with Crippen LogP contribution in [-0.2, 0) is 10.4 Å². The summed E-state index contributed by atoms with van der Waals surface area (Å²) >= 11 is 3.00. The van der Waals surface area contributed by atoms with E-state index in [1.807, 2.05) is 64.7 Å². The van der Waals surface area contributed by atoms with E-state index >= 15 is 0 Å². The molecule has 2 aromatic heterocycles. The average molecular weight is 355 g/mol. The molecule has 0 radical (unpaired) electrons. The first-order valence-electron chi connectivity index (χ1n) is 7.48. The molecule has 3 nitrogen and oxygen atoms in total. The van der Waals surface area contributed by atoms with E-state index < -0.39 is 5.60 Å². The van der Waals surface area contributed by atoms with E-state index in [1.54, 1.807) is 6.08 Å². The van der Waals surface area contributed by atoms with Crippen molar-refractivity contribution in [2.45, 2.75) is 5.60 Å². The van der Waals surface area contributed by atoms with Gasteiger partial charge in [0.2, 0.25) is 5.91 Å². The van der Waals surface area contributed by atoms with Crippen LogP contribution in [0.5, 0.6) is 0 Å². The highest BCUT2D eigenvalue weighted by molar-refractivity contribution is 7.10. The van der Waals surface area contributed by atoms with E-state index in [4.69, 9.17) is 0 Å². The summed E-state index contributed by atoms with van der Waals surface area (Å²) in [6.45, 7) is 0.127. The van der Waals surface area contributed by atoms with Gasteiger partial charge in [-0.25, -0.2) is 0 Å². The molecular weight excluding hydrogens is 338 g/mol. The van der Waals surface area contributed by atoms with Gasteiger partial charge in [0.25, 0.3) is 0 Å². The van der Waals surface area contributed by atoms with Gasteiger partial charge in [0.05, 0.1) is 6.54 Å². The molecule has 0 aliphatic heterocycles. The Kier molecular flexibility index (Phi) is 5.25. The summed E-state index contributed by atoms with van der Waals surface area (Å²) in [4.78, 5) is 12.9. The SMILES string of the molecule is O=C(/C=C/c1ccccc1)NC[C@](O)(c1ccsc1)c1cccs1. The second-order valence-electron chi connectivity index (χ2n) is 5.31. The lowest BCUT2D eigenvalue weighted by atomic mass is 9.94. The number of amides is 1. The van der Waals surface area contributed by atoms with Gasteiger partial charge < -0.3 is 10.4 Å². The van der Waals surface area contributed by atoms with Crippen LogP contribution in [0, 0.1) is 0 Å². The molecule has 3 aromatic rings. The zero-order valence-corrected chi connectivity index (χ0v) is 14.5. The molecule has 0 aliphatic rings. The Morgan fingerprint density at radius 1 is 1.12 bits per heavy atom. The third kappa shape index (κ3) is 3.82. The van der Waals surface area contributed by atoms with Crippen LogP contribution < -0.4 is 5.32 Å². The van der Waals surface area contributed by atoms with Gasteiger partial charge in [0.1, 0.15) is 5.60 Å². The molecule has 1 atom stereocenters. The van der Waals surface area contributed by atoms with E-state index in [-0.39, 0.29) is 12.5 Å². The number of carbonyl (C=O) groups excluding carboxylic acids is 1. The Bertz CT molecular complexity index is 759. The third-order valence-electron chi connectivity index (χ3n) is 3.67. The minimum atomic E-state index is -1.20. The highest BCUT2D eigenvalue weighted by atomic mass is 32.1. The van der Waals surface area contributed by atoms with Crippen LogP contribution in [0.15, 0.2) is 70.7 Å². The number of hydrogen-bond donors (Lipinski definition) is 2. The molecule has 0 bridgehead atoms. The van der Waals surface area contributed by atoms with E-state index in [2.05, 4.69) is 5.32 Å². The van der Waals surface area contributed by atoms with Crippen LogP contribution in [0.3, 0.4) is 0 Å². The normalized spacial score (nSPS) is 13.7. The Labute approximate surface area is 148 Å². The Hall–Kier alpha value is -2.21. The maximum absolute atomic E-state index is 12.1. The fourth-order valence-corrected chi connectivity index (χ4v) is 3.92. The molecule has 0 aliphatic carbocycles. The first-order valence-corrected chi connectivity index (χ1v) is 9.31. The van der Waals surface area contributed by atoms with Gasteiger partial charge >= 0.3 is 0 Å².